The Morgan fingerprint density at radius 1 is 1.29 bits per heavy atom. The molecule has 1 unspecified atom stereocenters. The van der Waals surface area contributed by atoms with Gasteiger partial charge in [0.2, 0.25) is 0 Å². The van der Waals surface area contributed by atoms with Gasteiger partial charge in [-0.05, 0) is 25.5 Å². The highest BCUT2D eigenvalue weighted by Gasteiger charge is 2.17. The van der Waals surface area contributed by atoms with Crippen molar-refractivity contribution in [3.8, 4) is 0 Å². The first-order valence-corrected chi connectivity index (χ1v) is 8.43. The number of halogens is 2. The van der Waals surface area contributed by atoms with Crippen LogP contribution in [0.3, 0.4) is 0 Å². The Morgan fingerprint density at radius 2 is 2.10 bits per heavy atom. The Morgan fingerprint density at radius 3 is 2.81 bits per heavy atom. The van der Waals surface area contributed by atoms with Gasteiger partial charge < -0.3 is 4.57 Å². The number of aromatic nitrogens is 2. The van der Waals surface area contributed by atoms with Crippen LogP contribution in [0.25, 0.3) is 11.0 Å². The van der Waals surface area contributed by atoms with Gasteiger partial charge in [0.25, 0.3) is 0 Å². The summed E-state index contributed by atoms with van der Waals surface area (Å²) in [7, 11) is 0. The highest BCUT2D eigenvalue weighted by molar-refractivity contribution is 6.17. The Bertz CT molecular complexity index is 579. The Labute approximate surface area is 131 Å². The number of nitrogens with zero attached hydrogens (tertiary/aromatic N) is 2. The van der Waals surface area contributed by atoms with Gasteiger partial charge in [-0.1, -0.05) is 38.7 Å². The zero-order valence-electron chi connectivity index (χ0n) is 12.9. The van der Waals surface area contributed by atoms with Crippen LogP contribution in [-0.4, -0.2) is 15.4 Å². The third kappa shape index (κ3) is 3.76. The summed E-state index contributed by atoms with van der Waals surface area (Å²) in [4.78, 5) is 4.47. The number of hydrogen-bond donors (Lipinski definition) is 0. The molecule has 0 N–H and O–H groups in total. The first-order chi connectivity index (χ1) is 10.2. The summed E-state index contributed by atoms with van der Waals surface area (Å²) >= 11 is 5.88. The summed E-state index contributed by atoms with van der Waals surface area (Å²) in [5, 5.41) is 0. The summed E-state index contributed by atoms with van der Waals surface area (Å²) in [5.41, 5.74) is 1.36. The molecule has 0 saturated carbocycles. The number of benzene rings is 1. The lowest BCUT2D eigenvalue weighted by Gasteiger charge is -2.17. The monoisotopic (exact) mass is 310 g/mol. The summed E-state index contributed by atoms with van der Waals surface area (Å²) in [5.74, 6) is 1.15. The molecule has 2 rings (SSSR count). The van der Waals surface area contributed by atoms with Gasteiger partial charge in [0.05, 0.1) is 5.52 Å². The number of hydrogen-bond acceptors (Lipinski definition) is 1. The predicted octanol–water partition coefficient (Wildman–Crippen LogP) is 5.49. The summed E-state index contributed by atoms with van der Waals surface area (Å²) in [6.07, 6.45) is 6.74. The Kier molecular flexibility index (Phi) is 6.04. The number of fused-ring (bicyclic) bond motifs is 1. The molecule has 0 spiro atoms. The van der Waals surface area contributed by atoms with Crippen LogP contribution in [0.15, 0.2) is 18.2 Å². The fourth-order valence-corrected chi connectivity index (χ4v) is 3.05. The third-order valence-electron chi connectivity index (χ3n) is 3.98. The molecule has 0 amide bonds. The van der Waals surface area contributed by atoms with Crippen molar-refractivity contribution in [2.75, 3.05) is 5.88 Å². The van der Waals surface area contributed by atoms with Gasteiger partial charge in [-0.2, -0.15) is 0 Å². The van der Waals surface area contributed by atoms with E-state index in [-0.39, 0.29) is 5.82 Å². The standard InChI is InChI=1S/C17H24ClFN2/c1-3-4-5-6-8-13(2)21-15-10-7-9-14(19)17(15)20-16(21)11-12-18/h7,9-10,13H,3-6,8,11-12H2,1-2H3. The van der Waals surface area contributed by atoms with Crippen LogP contribution in [-0.2, 0) is 6.42 Å². The van der Waals surface area contributed by atoms with E-state index in [1.165, 1.54) is 31.7 Å². The Balaban J connectivity index is 2.27. The molecule has 116 valence electrons. The second kappa shape index (κ2) is 7.79. The highest BCUT2D eigenvalue weighted by atomic mass is 35.5. The third-order valence-corrected chi connectivity index (χ3v) is 4.17. The molecule has 0 aliphatic heterocycles. The average molecular weight is 311 g/mol. The van der Waals surface area contributed by atoms with Crippen LogP contribution in [0, 0.1) is 5.82 Å². The van der Waals surface area contributed by atoms with Crippen molar-refractivity contribution in [3.05, 3.63) is 29.8 Å². The second-order valence-electron chi connectivity index (χ2n) is 5.64. The minimum absolute atomic E-state index is 0.250. The largest absolute Gasteiger partial charge is 0.325 e. The number of aryl methyl sites for hydroxylation is 1. The van der Waals surface area contributed by atoms with Gasteiger partial charge in [-0.3, -0.25) is 0 Å². The molecule has 0 fully saturated rings. The smallest absolute Gasteiger partial charge is 0.151 e. The molecule has 2 nitrogen and oxygen atoms in total. The molecule has 1 atom stereocenters. The fourth-order valence-electron chi connectivity index (χ4n) is 2.88. The number of alkyl halides is 1. The molecule has 4 heteroatoms. The molecule has 1 heterocycles. The van der Waals surface area contributed by atoms with E-state index in [2.05, 4.69) is 23.4 Å². The van der Waals surface area contributed by atoms with Crippen molar-refractivity contribution in [1.82, 2.24) is 9.55 Å². The molecule has 0 radical (unpaired) electrons. The SMILES string of the molecule is CCCCCCC(C)n1c(CCCl)nc2c(F)cccc21. The van der Waals surface area contributed by atoms with Crippen LogP contribution in [0.2, 0.25) is 0 Å². The van der Waals surface area contributed by atoms with Crippen LogP contribution in [0.5, 0.6) is 0 Å². The molecular formula is C17H24ClFN2. The molecular weight excluding hydrogens is 287 g/mol. The fraction of sp³-hybridized carbons (Fsp3) is 0.588. The molecule has 21 heavy (non-hydrogen) atoms. The highest BCUT2D eigenvalue weighted by Crippen LogP contribution is 2.26. The van der Waals surface area contributed by atoms with E-state index in [0.29, 0.717) is 23.9 Å². The topological polar surface area (TPSA) is 17.8 Å². The number of unbranched alkanes of at least 4 members (excludes halogenated alkanes) is 3. The van der Waals surface area contributed by atoms with Gasteiger partial charge in [-0.25, -0.2) is 9.37 Å². The normalized spacial score (nSPS) is 13.0. The molecule has 2 aromatic rings. The minimum atomic E-state index is -0.250. The van der Waals surface area contributed by atoms with Gasteiger partial charge in [0, 0.05) is 18.3 Å². The molecule has 1 aromatic carbocycles. The summed E-state index contributed by atoms with van der Waals surface area (Å²) < 4.78 is 16.1. The zero-order valence-corrected chi connectivity index (χ0v) is 13.7. The van der Waals surface area contributed by atoms with E-state index in [9.17, 15) is 4.39 Å². The lowest BCUT2D eigenvalue weighted by atomic mass is 10.1. The maximum absolute atomic E-state index is 13.9. The minimum Gasteiger partial charge on any atom is -0.325 e. The summed E-state index contributed by atoms with van der Waals surface area (Å²) in [6, 6.07) is 5.50. The molecule has 0 aliphatic carbocycles. The average Bonchev–Trinajstić information content (AvgIpc) is 2.84. The number of rotatable bonds is 8. The van der Waals surface area contributed by atoms with Crippen molar-refractivity contribution in [1.29, 1.82) is 0 Å². The van der Waals surface area contributed by atoms with Crippen LogP contribution >= 0.6 is 11.6 Å². The van der Waals surface area contributed by atoms with Gasteiger partial charge in [0.15, 0.2) is 5.82 Å². The van der Waals surface area contributed by atoms with Crippen molar-refractivity contribution in [3.63, 3.8) is 0 Å². The van der Waals surface area contributed by atoms with Crippen LogP contribution in [0.4, 0.5) is 4.39 Å². The van der Waals surface area contributed by atoms with Gasteiger partial charge >= 0.3 is 0 Å². The molecule has 0 bridgehead atoms. The van der Waals surface area contributed by atoms with Crippen molar-refractivity contribution in [2.24, 2.45) is 0 Å². The lowest BCUT2D eigenvalue weighted by molar-refractivity contribution is 0.470. The lowest BCUT2D eigenvalue weighted by Crippen LogP contribution is -2.10. The van der Waals surface area contributed by atoms with Gasteiger partial charge in [0.1, 0.15) is 11.3 Å². The second-order valence-corrected chi connectivity index (χ2v) is 6.02. The molecule has 1 aromatic heterocycles. The first kappa shape index (κ1) is 16.3. The van der Waals surface area contributed by atoms with Crippen molar-refractivity contribution in [2.45, 2.75) is 58.4 Å². The predicted molar refractivity (Wildman–Crippen MR) is 87.6 cm³/mol. The van der Waals surface area contributed by atoms with E-state index in [4.69, 9.17) is 11.6 Å². The van der Waals surface area contributed by atoms with E-state index in [0.717, 1.165) is 17.8 Å². The van der Waals surface area contributed by atoms with E-state index in [1.54, 1.807) is 6.07 Å². The zero-order chi connectivity index (χ0) is 15.2. The number of imidazole rings is 1. The van der Waals surface area contributed by atoms with Crippen LogP contribution in [0.1, 0.15) is 57.8 Å². The maximum Gasteiger partial charge on any atom is 0.151 e. The Hall–Kier alpha value is -1.09. The van der Waals surface area contributed by atoms with Gasteiger partial charge in [-0.15, -0.1) is 11.6 Å². The van der Waals surface area contributed by atoms with E-state index >= 15 is 0 Å². The quantitative estimate of drug-likeness (QED) is 0.466. The maximum atomic E-state index is 13.9. The van der Waals surface area contributed by atoms with Crippen molar-refractivity contribution < 1.29 is 4.39 Å². The number of para-hydroxylation sites is 1. The van der Waals surface area contributed by atoms with E-state index < -0.39 is 0 Å². The molecule has 0 saturated heterocycles. The summed E-state index contributed by atoms with van der Waals surface area (Å²) in [6.45, 7) is 4.41. The van der Waals surface area contributed by atoms with E-state index in [1.807, 2.05) is 6.07 Å². The van der Waals surface area contributed by atoms with Crippen molar-refractivity contribution >= 4 is 22.6 Å². The first-order valence-electron chi connectivity index (χ1n) is 7.90. The molecule has 0 aliphatic rings. The van der Waals surface area contributed by atoms with Crippen LogP contribution < -0.4 is 0 Å².